The molecule has 0 N–H and O–H groups in total. The molecule has 0 aliphatic heterocycles. The van der Waals surface area contributed by atoms with Crippen LogP contribution in [0.4, 0.5) is 13.2 Å². The molecule has 0 aromatic rings. The van der Waals surface area contributed by atoms with E-state index in [9.17, 15) is 21.6 Å². The van der Waals surface area contributed by atoms with E-state index in [4.69, 9.17) is 0 Å². The molecule has 0 amide bonds. The van der Waals surface area contributed by atoms with E-state index in [1.165, 1.54) is 0 Å². The molecule has 0 saturated carbocycles. The van der Waals surface area contributed by atoms with Crippen molar-refractivity contribution < 1.29 is 25.8 Å². The molecule has 0 aromatic carbocycles. The maximum Gasteiger partial charge on any atom is 0.523 e. The van der Waals surface area contributed by atoms with Gasteiger partial charge in [-0.3, -0.25) is 4.18 Å². The van der Waals surface area contributed by atoms with Crippen LogP contribution in [0.25, 0.3) is 0 Å². The summed E-state index contributed by atoms with van der Waals surface area (Å²) in [5.41, 5.74) is -5.34. The van der Waals surface area contributed by atoms with Crippen LogP contribution in [-0.2, 0) is 14.3 Å². The highest BCUT2D eigenvalue weighted by Gasteiger charge is 2.46. The summed E-state index contributed by atoms with van der Waals surface area (Å²) in [5, 5.41) is 0. The van der Waals surface area contributed by atoms with Gasteiger partial charge in [0.1, 0.15) is 0 Å². The van der Waals surface area contributed by atoms with Gasteiger partial charge in [-0.25, -0.2) is 0 Å². The smallest absolute Gasteiger partial charge is 0.263 e. The fourth-order valence-corrected chi connectivity index (χ4v) is 0.530. The predicted molar refractivity (Wildman–Crippen MR) is 26.3 cm³/mol. The second kappa shape index (κ2) is 2.75. The van der Waals surface area contributed by atoms with Crippen molar-refractivity contribution in [2.24, 2.45) is 0 Å². The van der Waals surface area contributed by atoms with Crippen LogP contribution in [0.3, 0.4) is 0 Å². The average molecular weight is 177 g/mol. The van der Waals surface area contributed by atoms with Gasteiger partial charge >= 0.3 is 15.6 Å². The van der Waals surface area contributed by atoms with Crippen LogP contribution in [0, 0.1) is 6.92 Å². The lowest BCUT2D eigenvalue weighted by atomic mass is 10.9. The van der Waals surface area contributed by atoms with Gasteiger partial charge in [0.05, 0.1) is 6.61 Å². The monoisotopic (exact) mass is 177 g/mol. The summed E-state index contributed by atoms with van der Waals surface area (Å²) >= 11 is 0. The van der Waals surface area contributed by atoms with Crippen LogP contribution in [0.2, 0.25) is 0 Å². The molecule has 0 atom stereocenters. The van der Waals surface area contributed by atoms with E-state index in [1.807, 2.05) is 0 Å². The van der Waals surface area contributed by atoms with Gasteiger partial charge in [-0.05, 0) is 6.92 Å². The fraction of sp³-hybridized carbons (Fsp3) is 0.667. The number of hydrogen-bond acceptors (Lipinski definition) is 3. The van der Waals surface area contributed by atoms with Crippen LogP contribution in [0.5, 0.6) is 0 Å². The van der Waals surface area contributed by atoms with Crippen LogP contribution < -0.4 is 0 Å². The Kier molecular flexibility index (Phi) is 2.67. The SMILES string of the molecule is [CH2]COS(=O)(=O)C(F)(F)F. The quantitative estimate of drug-likeness (QED) is 0.460. The molecule has 61 valence electrons. The second-order valence-electron chi connectivity index (χ2n) is 1.22. The normalized spacial score (nSPS) is 13.6. The summed E-state index contributed by atoms with van der Waals surface area (Å²) in [6, 6.07) is 0. The van der Waals surface area contributed by atoms with E-state index < -0.39 is 22.2 Å². The third-order valence-electron chi connectivity index (χ3n) is 0.522. The minimum absolute atomic E-state index is 0.762. The zero-order valence-corrected chi connectivity index (χ0v) is 5.50. The van der Waals surface area contributed by atoms with Crippen molar-refractivity contribution in [2.75, 3.05) is 6.61 Å². The van der Waals surface area contributed by atoms with E-state index in [0.29, 0.717) is 0 Å². The molecule has 3 nitrogen and oxygen atoms in total. The lowest BCUT2D eigenvalue weighted by Crippen LogP contribution is -2.25. The molecule has 0 saturated heterocycles. The average Bonchev–Trinajstić information content (AvgIpc) is 1.61. The minimum Gasteiger partial charge on any atom is -0.263 e. The van der Waals surface area contributed by atoms with E-state index in [2.05, 4.69) is 11.1 Å². The Morgan fingerprint density at radius 1 is 1.40 bits per heavy atom. The van der Waals surface area contributed by atoms with Crippen LogP contribution in [0.15, 0.2) is 0 Å². The van der Waals surface area contributed by atoms with Crippen LogP contribution in [0.1, 0.15) is 0 Å². The van der Waals surface area contributed by atoms with E-state index >= 15 is 0 Å². The van der Waals surface area contributed by atoms with Gasteiger partial charge in [0.25, 0.3) is 0 Å². The Bertz CT molecular complexity index is 192. The highest BCUT2D eigenvalue weighted by atomic mass is 32.2. The van der Waals surface area contributed by atoms with Gasteiger partial charge in [-0.2, -0.15) is 21.6 Å². The summed E-state index contributed by atoms with van der Waals surface area (Å²) in [7, 11) is -5.41. The predicted octanol–water partition coefficient (Wildman–Crippen LogP) is 0.687. The molecular formula is C3H4F3O3S. The highest BCUT2D eigenvalue weighted by Crippen LogP contribution is 2.23. The van der Waals surface area contributed by atoms with Gasteiger partial charge in [-0.1, -0.05) is 0 Å². The molecule has 0 rings (SSSR count). The summed E-state index contributed by atoms with van der Waals surface area (Å²) < 4.78 is 56.9. The van der Waals surface area contributed by atoms with Gasteiger partial charge in [0.15, 0.2) is 0 Å². The Morgan fingerprint density at radius 3 is 1.90 bits per heavy atom. The first-order valence-electron chi connectivity index (χ1n) is 2.06. The van der Waals surface area contributed by atoms with Crippen molar-refractivity contribution >= 4 is 10.1 Å². The number of rotatable bonds is 2. The minimum atomic E-state index is -5.41. The zero-order chi connectivity index (χ0) is 8.41. The third-order valence-corrected chi connectivity index (χ3v) is 1.57. The molecule has 0 bridgehead atoms. The molecule has 7 heteroatoms. The van der Waals surface area contributed by atoms with Gasteiger partial charge in [-0.15, -0.1) is 0 Å². The topological polar surface area (TPSA) is 43.4 Å². The van der Waals surface area contributed by atoms with Crippen molar-refractivity contribution in [1.82, 2.24) is 0 Å². The third kappa shape index (κ3) is 2.14. The lowest BCUT2D eigenvalue weighted by Gasteiger charge is -2.04. The molecular weight excluding hydrogens is 173 g/mol. The molecule has 0 fully saturated rings. The van der Waals surface area contributed by atoms with E-state index in [0.717, 1.165) is 0 Å². The Morgan fingerprint density at radius 2 is 1.80 bits per heavy atom. The first-order valence-corrected chi connectivity index (χ1v) is 3.47. The summed E-state index contributed by atoms with van der Waals surface area (Å²) in [6.07, 6.45) is 0. The number of hydrogen-bond donors (Lipinski definition) is 0. The molecule has 1 radical (unpaired) electrons. The van der Waals surface area contributed by atoms with Crippen molar-refractivity contribution in [3.8, 4) is 0 Å². The first kappa shape index (κ1) is 9.70. The van der Waals surface area contributed by atoms with Crippen molar-refractivity contribution in [3.05, 3.63) is 6.92 Å². The molecule has 0 spiro atoms. The standard InChI is InChI=1S/C3H4F3O3S/c1-2-9-10(7,8)3(4,5)6/h1-2H2. The van der Waals surface area contributed by atoms with Gasteiger partial charge in [0, 0.05) is 0 Å². The van der Waals surface area contributed by atoms with Crippen molar-refractivity contribution in [1.29, 1.82) is 0 Å². The van der Waals surface area contributed by atoms with E-state index in [1.54, 1.807) is 0 Å². The Hall–Kier alpha value is -0.300. The molecule has 0 aliphatic rings. The van der Waals surface area contributed by atoms with Crippen LogP contribution in [-0.4, -0.2) is 20.5 Å². The van der Waals surface area contributed by atoms with Crippen molar-refractivity contribution in [2.45, 2.75) is 5.51 Å². The fourth-order valence-electron chi connectivity index (χ4n) is 0.177. The molecule has 0 unspecified atom stereocenters. The number of halogens is 3. The maximum atomic E-state index is 11.3. The lowest BCUT2D eigenvalue weighted by molar-refractivity contribution is -0.0535. The van der Waals surface area contributed by atoms with Crippen molar-refractivity contribution in [3.63, 3.8) is 0 Å². The van der Waals surface area contributed by atoms with Gasteiger partial charge in [0.2, 0.25) is 0 Å². The maximum absolute atomic E-state index is 11.3. The van der Waals surface area contributed by atoms with Crippen LogP contribution >= 0.6 is 0 Å². The number of alkyl halides is 3. The van der Waals surface area contributed by atoms with E-state index in [-0.39, 0.29) is 0 Å². The largest absolute Gasteiger partial charge is 0.523 e. The Labute approximate surface area is 55.9 Å². The molecule has 10 heavy (non-hydrogen) atoms. The Balaban J connectivity index is 4.44. The molecule has 0 aromatic heterocycles. The second-order valence-corrected chi connectivity index (χ2v) is 2.83. The highest BCUT2D eigenvalue weighted by molar-refractivity contribution is 7.87. The molecule has 0 aliphatic carbocycles. The molecule has 0 heterocycles. The summed E-state index contributed by atoms with van der Waals surface area (Å²) in [4.78, 5) is 0. The first-order chi connectivity index (χ1) is 4.31. The summed E-state index contributed by atoms with van der Waals surface area (Å²) in [5.74, 6) is 0. The summed E-state index contributed by atoms with van der Waals surface area (Å²) in [6.45, 7) is 2.02. The zero-order valence-electron chi connectivity index (χ0n) is 4.68. The van der Waals surface area contributed by atoms with Gasteiger partial charge < -0.3 is 0 Å².